The van der Waals surface area contributed by atoms with Gasteiger partial charge in [-0.2, -0.15) is 0 Å². The second-order valence-electron chi connectivity index (χ2n) is 4.58. The highest BCUT2D eigenvalue weighted by Crippen LogP contribution is 2.24. The maximum atomic E-state index is 13.8. The van der Waals surface area contributed by atoms with Gasteiger partial charge in [-0.3, -0.25) is 9.78 Å². The van der Waals surface area contributed by atoms with Gasteiger partial charge in [0.15, 0.2) is 17.7 Å². The number of carbonyl (C=O) groups excluding carboxylic acids is 1. The second kappa shape index (κ2) is 7.18. The zero-order valence-electron chi connectivity index (χ0n) is 11.6. The molecule has 2 aromatic rings. The molecule has 1 unspecified atom stereocenters. The van der Waals surface area contributed by atoms with E-state index in [0.717, 1.165) is 12.5 Å². The largest absolute Gasteiger partial charge is 0.479 e. The summed E-state index contributed by atoms with van der Waals surface area (Å²) >= 11 is 5.70. The van der Waals surface area contributed by atoms with Gasteiger partial charge in [-0.15, -0.1) is 0 Å². The molecule has 0 amide bonds. The minimum atomic E-state index is -0.741. The number of hydrogen-bond donors (Lipinski definition) is 0. The lowest BCUT2D eigenvalue weighted by molar-refractivity contribution is 0.0770. The average Bonchev–Trinajstić information content (AvgIpc) is 2.49. The molecule has 0 bridgehead atoms. The fraction of sp³-hybridized carbons (Fsp3) is 0.250. The molecule has 0 aliphatic rings. The van der Waals surface area contributed by atoms with E-state index in [-0.39, 0.29) is 16.6 Å². The Balaban J connectivity index is 2.21. The molecule has 0 spiro atoms. The molecule has 0 aliphatic heterocycles. The third-order valence-corrected chi connectivity index (χ3v) is 3.19. The van der Waals surface area contributed by atoms with Crippen molar-refractivity contribution in [2.45, 2.75) is 25.9 Å². The van der Waals surface area contributed by atoms with Crippen molar-refractivity contribution in [1.82, 2.24) is 4.98 Å². The fourth-order valence-electron chi connectivity index (χ4n) is 1.92. The number of ketones is 1. The number of rotatable bonds is 6. The van der Waals surface area contributed by atoms with Crippen LogP contribution in [0.2, 0.25) is 5.02 Å². The van der Waals surface area contributed by atoms with Crippen LogP contribution in [0.3, 0.4) is 0 Å². The minimum Gasteiger partial charge on any atom is -0.479 e. The molecule has 1 aromatic heterocycles. The van der Waals surface area contributed by atoms with Gasteiger partial charge in [-0.25, -0.2) is 4.39 Å². The zero-order valence-corrected chi connectivity index (χ0v) is 12.3. The molecule has 2 rings (SSSR count). The standard InChI is InChI=1S/C16H15ClFNO2/c1-2-4-15(16(20)11-5-3-8-19-10-11)21-14-7-6-12(17)9-13(14)18/h3,5-10,15H,2,4H2,1H3. The summed E-state index contributed by atoms with van der Waals surface area (Å²) in [5, 5.41) is 0.283. The first-order valence-electron chi connectivity index (χ1n) is 6.67. The molecule has 0 aliphatic carbocycles. The number of nitrogens with zero attached hydrogens (tertiary/aromatic N) is 1. The van der Waals surface area contributed by atoms with Crippen molar-refractivity contribution in [3.05, 3.63) is 59.1 Å². The van der Waals surface area contributed by atoms with Crippen LogP contribution in [0.5, 0.6) is 5.75 Å². The summed E-state index contributed by atoms with van der Waals surface area (Å²) in [4.78, 5) is 16.3. The predicted molar refractivity (Wildman–Crippen MR) is 79.3 cm³/mol. The van der Waals surface area contributed by atoms with Crippen LogP contribution < -0.4 is 4.74 Å². The predicted octanol–water partition coefficient (Wildman–Crippen LogP) is 4.30. The fourth-order valence-corrected chi connectivity index (χ4v) is 2.08. The number of aromatic nitrogens is 1. The number of pyridine rings is 1. The van der Waals surface area contributed by atoms with Gasteiger partial charge in [-0.05, 0) is 36.8 Å². The highest BCUT2D eigenvalue weighted by atomic mass is 35.5. The van der Waals surface area contributed by atoms with Crippen molar-refractivity contribution >= 4 is 17.4 Å². The third-order valence-electron chi connectivity index (χ3n) is 2.95. The lowest BCUT2D eigenvalue weighted by Crippen LogP contribution is -2.27. The van der Waals surface area contributed by atoms with Gasteiger partial charge in [0.25, 0.3) is 0 Å². The first kappa shape index (κ1) is 15.4. The molecule has 3 nitrogen and oxygen atoms in total. The summed E-state index contributed by atoms with van der Waals surface area (Å²) in [7, 11) is 0. The van der Waals surface area contributed by atoms with Crippen LogP contribution in [0, 0.1) is 5.82 Å². The third kappa shape index (κ3) is 4.02. The van der Waals surface area contributed by atoms with Crippen molar-refractivity contribution < 1.29 is 13.9 Å². The van der Waals surface area contributed by atoms with E-state index in [1.165, 1.54) is 18.3 Å². The van der Waals surface area contributed by atoms with E-state index < -0.39 is 11.9 Å². The second-order valence-corrected chi connectivity index (χ2v) is 5.01. The molecule has 0 saturated carbocycles. The summed E-state index contributed by atoms with van der Waals surface area (Å²) in [6.07, 6.45) is 3.56. The van der Waals surface area contributed by atoms with E-state index in [4.69, 9.17) is 16.3 Å². The molecule has 1 heterocycles. The van der Waals surface area contributed by atoms with Crippen molar-refractivity contribution in [2.24, 2.45) is 0 Å². The molecule has 1 aromatic carbocycles. The van der Waals surface area contributed by atoms with E-state index in [1.807, 2.05) is 6.92 Å². The van der Waals surface area contributed by atoms with Gasteiger partial charge in [0.05, 0.1) is 0 Å². The van der Waals surface area contributed by atoms with Crippen LogP contribution >= 0.6 is 11.6 Å². The Morgan fingerprint density at radius 3 is 2.86 bits per heavy atom. The molecular weight excluding hydrogens is 293 g/mol. The molecular formula is C16H15ClFNO2. The molecule has 21 heavy (non-hydrogen) atoms. The molecule has 0 N–H and O–H groups in total. The number of hydrogen-bond acceptors (Lipinski definition) is 3. The van der Waals surface area contributed by atoms with E-state index in [2.05, 4.69) is 4.98 Å². The smallest absolute Gasteiger partial charge is 0.204 e. The Bertz CT molecular complexity index is 619. The molecule has 1 atom stereocenters. The lowest BCUT2D eigenvalue weighted by Gasteiger charge is -2.18. The van der Waals surface area contributed by atoms with Crippen LogP contribution in [-0.4, -0.2) is 16.9 Å². The maximum absolute atomic E-state index is 13.8. The summed E-state index contributed by atoms with van der Waals surface area (Å²) < 4.78 is 19.3. The van der Waals surface area contributed by atoms with Gasteiger partial charge in [0.1, 0.15) is 0 Å². The Hall–Kier alpha value is -1.94. The van der Waals surface area contributed by atoms with Gasteiger partial charge < -0.3 is 4.74 Å². The number of Topliss-reactive ketones (excluding diaryl/α,β-unsaturated/α-hetero) is 1. The monoisotopic (exact) mass is 307 g/mol. The zero-order chi connectivity index (χ0) is 15.2. The number of halogens is 2. The SMILES string of the molecule is CCCC(Oc1ccc(Cl)cc1F)C(=O)c1cccnc1. The van der Waals surface area contributed by atoms with Crippen molar-refractivity contribution in [1.29, 1.82) is 0 Å². The Kier molecular flexibility index (Phi) is 5.28. The summed E-state index contributed by atoms with van der Waals surface area (Å²) in [5.41, 5.74) is 0.449. The summed E-state index contributed by atoms with van der Waals surface area (Å²) in [6.45, 7) is 1.94. The quantitative estimate of drug-likeness (QED) is 0.747. The topological polar surface area (TPSA) is 39.2 Å². The van der Waals surface area contributed by atoms with Crippen LogP contribution in [-0.2, 0) is 0 Å². The Morgan fingerprint density at radius 2 is 2.24 bits per heavy atom. The van der Waals surface area contributed by atoms with Crippen molar-refractivity contribution in [2.75, 3.05) is 0 Å². The average molecular weight is 308 g/mol. The first-order chi connectivity index (χ1) is 10.1. The van der Waals surface area contributed by atoms with Crippen LogP contribution in [0.25, 0.3) is 0 Å². The van der Waals surface area contributed by atoms with Gasteiger partial charge in [0, 0.05) is 23.0 Å². The Labute approximate surface area is 127 Å². The van der Waals surface area contributed by atoms with Gasteiger partial charge >= 0.3 is 0 Å². The molecule has 0 saturated heterocycles. The molecule has 5 heteroatoms. The minimum absolute atomic E-state index is 0.0232. The van der Waals surface area contributed by atoms with Gasteiger partial charge in [0.2, 0.25) is 5.78 Å². The lowest BCUT2D eigenvalue weighted by atomic mass is 10.0. The Morgan fingerprint density at radius 1 is 1.43 bits per heavy atom. The maximum Gasteiger partial charge on any atom is 0.204 e. The highest BCUT2D eigenvalue weighted by molar-refractivity contribution is 6.30. The van der Waals surface area contributed by atoms with Gasteiger partial charge in [-0.1, -0.05) is 24.9 Å². The van der Waals surface area contributed by atoms with Crippen LogP contribution in [0.15, 0.2) is 42.7 Å². The summed E-state index contributed by atoms with van der Waals surface area (Å²) in [5.74, 6) is -0.767. The van der Waals surface area contributed by atoms with E-state index >= 15 is 0 Å². The molecule has 110 valence electrons. The first-order valence-corrected chi connectivity index (χ1v) is 7.05. The highest BCUT2D eigenvalue weighted by Gasteiger charge is 2.22. The summed E-state index contributed by atoms with van der Waals surface area (Å²) in [6, 6.07) is 7.46. The van der Waals surface area contributed by atoms with E-state index in [1.54, 1.807) is 18.3 Å². The van der Waals surface area contributed by atoms with Crippen LogP contribution in [0.4, 0.5) is 4.39 Å². The molecule has 0 fully saturated rings. The van der Waals surface area contributed by atoms with E-state index in [9.17, 15) is 9.18 Å². The van der Waals surface area contributed by atoms with Crippen LogP contribution in [0.1, 0.15) is 30.1 Å². The number of ether oxygens (including phenoxy) is 1. The normalized spacial score (nSPS) is 12.0. The van der Waals surface area contributed by atoms with Crippen molar-refractivity contribution in [3.63, 3.8) is 0 Å². The number of carbonyl (C=O) groups is 1. The number of benzene rings is 1. The van der Waals surface area contributed by atoms with E-state index in [0.29, 0.717) is 12.0 Å². The van der Waals surface area contributed by atoms with Crippen molar-refractivity contribution in [3.8, 4) is 5.75 Å². The molecule has 0 radical (unpaired) electrons.